The molecule has 3 aromatic carbocycles. The highest BCUT2D eigenvalue weighted by atomic mass is 32.1. The third-order valence-electron chi connectivity index (χ3n) is 5.83. The number of carbonyl (C=O) groups is 2. The number of benzene rings is 3. The maximum Gasteiger partial charge on any atom is 0.301 e. The first-order valence-electron chi connectivity index (χ1n) is 10.6. The van der Waals surface area contributed by atoms with Gasteiger partial charge in [-0.3, -0.25) is 14.5 Å². The molecule has 0 unspecified atom stereocenters. The number of amides is 1. The normalized spacial score (nSPS) is 17.6. The smallest absolute Gasteiger partial charge is 0.301 e. The molecule has 0 saturated carbocycles. The molecule has 34 heavy (non-hydrogen) atoms. The lowest BCUT2D eigenvalue weighted by Crippen LogP contribution is -2.29. The van der Waals surface area contributed by atoms with Crippen molar-refractivity contribution in [2.24, 2.45) is 0 Å². The number of carbonyl (C=O) groups excluding carboxylic acids is 2. The van der Waals surface area contributed by atoms with Crippen LogP contribution in [0.15, 0.2) is 72.3 Å². The van der Waals surface area contributed by atoms with Gasteiger partial charge in [-0.15, -0.1) is 0 Å². The van der Waals surface area contributed by atoms with Crippen LogP contribution in [0, 0.1) is 5.82 Å². The molecule has 8 heteroatoms. The highest BCUT2D eigenvalue weighted by Crippen LogP contribution is 2.44. The Morgan fingerprint density at radius 2 is 1.76 bits per heavy atom. The fraction of sp³-hybridized carbons (Fsp3) is 0.115. The van der Waals surface area contributed by atoms with Gasteiger partial charge in [0, 0.05) is 5.56 Å². The summed E-state index contributed by atoms with van der Waals surface area (Å²) in [6.45, 7) is 2.04. The number of ketones is 1. The summed E-state index contributed by atoms with van der Waals surface area (Å²) < 4.78 is 14.3. The van der Waals surface area contributed by atoms with Crippen LogP contribution < -0.4 is 4.90 Å². The van der Waals surface area contributed by atoms with Crippen LogP contribution >= 0.6 is 11.3 Å². The number of aryl methyl sites for hydroxylation is 1. The van der Waals surface area contributed by atoms with Crippen molar-refractivity contribution in [1.29, 1.82) is 0 Å². The van der Waals surface area contributed by atoms with E-state index < -0.39 is 29.3 Å². The van der Waals surface area contributed by atoms with Crippen LogP contribution in [0.25, 0.3) is 16.0 Å². The molecule has 1 aliphatic rings. The predicted octanol–water partition coefficient (Wildman–Crippen LogP) is 5.33. The average molecular weight is 475 g/mol. The number of rotatable bonds is 4. The number of aliphatic hydroxyl groups is 1. The van der Waals surface area contributed by atoms with Gasteiger partial charge in [-0.2, -0.15) is 0 Å². The lowest BCUT2D eigenvalue weighted by molar-refractivity contribution is -0.132. The number of Topliss-reactive ketones (excluding diaryl/α,β-unsaturated/α-hetero) is 1. The van der Waals surface area contributed by atoms with Gasteiger partial charge in [0.15, 0.2) is 5.13 Å². The first-order chi connectivity index (χ1) is 16.4. The second-order valence-electron chi connectivity index (χ2n) is 7.92. The van der Waals surface area contributed by atoms with Crippen LogP contribution in [0.3, 0.4) is 0 Å². The van der Waals surface area contributed by atoms with Crippen molar-refractivity contribution < 1.29 is 24.2 Å². The van der Waals surface area contributed by atoms with Gasteiger partial charge in [0.25, 0.3) is 5.78 Å². The van der Waals surface area contributed by atoms with Gasteiger partial charge in [-0.05, 0) is 66.1 Å². The van der Waals surface area contributed by atoms with Crippen molar-refractivity contribution in [2.45, 2.75) is 19.4 Å². The van der Waals surface area contributed by atoms with Gasteiger partial charge >= 0.3 is 5.91 Å². The fourth-order valence-electron chi connectivity index (χ4n) is 4.04. The fourth-order valence-corrected chi connectivity index (χ4v) is 5.10. The van der Waals surface area contributed by atoms with E-state index in [4.69, 9.17) is 0 Å². The van der Waals surface area contributed by atoms with Crippen molar-refractivity contribution in [3.05, 3.63) is 94.8 Å². The monoisotopic (exact) mass is 474 g/mol. The molecule has 0 radical (unpaired) electrons. The first kappa shape index (κ1) is 21.8. The maximum atomic E-state index is 13.4. The largest absolute Gasteiger partial charge is 0.508 e. The molecule has 1 fully saturated rings. The van der Waals surface area contributed by atoms with Crippen LogP contribution in [0.1, 0.15) is 29.7 Å². The number of thiazole rings is 1. The summed E-state index contributed by atoms with van der Waals surface area (Å²) >= 11 is 1.28. The lowest BCUT2D eigenvalue weighted by Gasteiger charge is -2.23. The van der Waals surface area contributed by atoms with E-state index in [1.165, 1.54) is 52.6 Å². The number of halogens is 1. The van der Waals surface area contributed by atoms with E-state index in [1.807, 2.05) is 25.1 Å². The first-order valence-corrected chi connectivity index (χ1v) is 11.4. The zero-order chi connectivity index (χ0) is 24.0. The topological polar surface area (TPSA) is 90.7 Å². The standard InChI is InChI=1S/C26H19FN2O4S/c1-2-14-3-12-19-20(13-14)34-26(28-19)29-22(15-6-10-18(30)11-7-15)21(24(32)25(29)33)23(31)16-4-8-17(27)9-5-16/h3-13,22,30-31H,2H2,1H3/t22-/m0/s1. The summed E-state index contributed by atoms with van der Waals surface area (Å²) in [4.78, 5) is 32.3. The highest BCUT2D eigenvalue weighted by molar-refractivity contribution is 7.22. The van der Waals surface area contributed by atoms with E-state index in [0.717, 1.165) is 16.7 Å². The molecular weight excluding hydrogens is 455 g/mol. The minimum absolute atomic E-state index is 0.0197. The molecule has 5 rings (SSSR count). The number of hydrogen-bond acceptors (Lipinski definition) is 6. The van der Waals surface area contributed by atoms with Gasteiger partial charge in [0.2, 0.25) is 0 Å². The molecule has 0 bridgehead atoms. The van der Waals surface area contributed by atoms with E-state index in [0.29, 0.717) is 16.2 Å². The van der Waals surface area contributed by atoms with Crippen LogP contribution in [0.4, 0.5) is 9.52 Å². The van der Waals surface area contributed by atoms with Crippen LogP contribution in [-0.2, 0) is 16.0 Å². The van der Waals surface area contributed by atoms with Gasteiger partial charge in [-0.1, -0.05) is 36.5 Å². The molecule has 0 aliphatic carbocycles. The van der Waals surface area contributed by atoms with Crippen LogP contribution in [-0.4, -0.2) is 26.9 Å². The summed E-state index contributed by atoms with van der Waals surface area (Å²) in [5, 5.41) is 21.1. The van der Waals surface area contributed by atoms with Crippen molar-refractivity contribution in [1.82, 2.24) is 4.98 Å². The summed E-state index contributed by atoms with van der Waals surface area (Å²) in [5.74, 6) is -2.57. The molecule has 170 valence electrons. The number of aromatic nitrogens is 1. The summed E-state index contributed by atoms with van der Waals surface area (Å²) in [6.07, 6.45) is 0.846. The zero-order valence-electron chi connectivity index (χ0n) is 18.0. The number of hydrogen-bond donors (Lipinski definition) is 2. The number of aromatic hydroxyl groups is 1. The van der Waals surface area contributed by atoms with Gasteiger partial charge in [-0.25, -0.2) is 9.37 Å². The number of anilines is 1. The molecule has 4 aromatic rings. The Morgan fingerprint density at radius 1 is 1.06 bits per heavy atom. The number of nitrogens with zero attached hydrogens (tertiary/aromatic N) is 2. The van der Waals surface area contributed by atoms with E-state index in [2.05, 4.69) is 4.98 Å². The zero-order valence-corrected chi connectivity index (χ0v) is 18.8. The second-order valence-corrected chi connectivity index (χ2v) is 8.93. The van der Waals surface area contributed by atoms with Crippen LogP contribution in [0.5, 0.6) is 5.75 Å². The van der Waals surface area contributed by atoms with Gasteiger partial charge < -0.3 is 10.2 Å². The third kappa shape index (κ3) is 3.62. The molecule has 1 atom stereocenters. The maximum absolute atomic E-state index is 13.4. The predicted molar refractivity (Wildman–Crippen MR) is 128 cm³/mol. The van der Waals surface area contributed by atoms with Crippen LogP contribution in [0.2, 0.25) is 0 Å². The van der Waals surface area contributed by atoms with E-state index >= 15 is 0 Å². The molecule has 1 aromatic heterocycles. The molecule has 1 amide bonds. The number of fused-ring (bicyclic) bond motifs is 1. The molecule has 2 heterocycles. The Morgan fingerprint density at radius 3 is 2.44 bits per heavy atom. The summed E-state index contributed by atoms with van der Waals surface area (Å²) in [7, 11) is 0. The van der Waals surface area contributed by atoms with Gasteiger partial charge in [0.05, 0.1) is 21.8 Å². The van der Waals surface area contributed by atoms with Crippen molar-refractivity contribution in [3.63, 3.8) is 0 Å². The number of aliphatic hydroxyl groups excluding tert-OH is 1. The Kier molecular flexibility index (Phi) is 5.37. The highest BCUT2D eigenvalue weighted by Gasteiger charge is 2.48. The van der Waals surface area contributed by atoms with Crippen molar-refractivity contribution in [3.8, 4) is 5.75 Å². The molecule has 0 spiro atoms. The third-order valence-corrected chi connectivity index (χ3v) is 6.84. The minimum atomic E-state index is -0.975. The second kappa shape index (κ2) is 8.39. The number of phenolic OH excluding ortho intramolecular Hbond substituents is 1. The van der Waals surface area contributed by atoms with Crippen molar-refractivity contribution >= 4 is 44.1 Å². The molecule has 6 nitrogen and oxygen atoms in total. The quantitative estimate of drug-likeness (QED) is 0.237. The summed E-state index contributed by atoms with van der Waals surface area (Å²) in [5.41, 5.74) is 2.41. The molecule has 2 N–H and O–H groups in total. The Labute approximate surface area is 198 Å². The van der Waals surface area contributed by atoms with Crippen molar-refractivity contribution in [2.75, 3.05) is 4.90 Å². The van der Waals surface area contributed by atoms with E-state index in [1.54, 1.807) is 12.1 Å². The number of phenols is 1. The Bertz CT molecular complexity index is 1460. The Balaban J connectivity index is 1.71. The van der Waals surface area contributed by atoms with E-state index in [9.17, 15) is 24.2 Å². The lowest BCUT2D eigenvalue weighted by atomic mass is 9.95. The minimum Gasteiger partial charge on any atom is -0.508 e. The molecular formula is C26H19FN2O4S. The average Bonchev–Trinajstić information content (AvgIpc) is 3.37. The molecule has 1 saturated heterocycles. The summed E-state index contributed by atoms with van der Waals surface area (Å²) in [6, 6.07) is 15.9. The molecule has 1 aliphatic heterocycles. The van der Waals surface area contributed by atoms with Gasteiger partial charge in [0.1, 0.15) is 17.3 Å². The Hall–Kier alpha value is -4.04. The SMILES string of the molecule is CCc1ccc2nc(N3C(=O)C(=O)C(=C(O)c4ccc(F)cc4)[C@@H]3c3ccc(O)cc3)sc2c1. The van der Waals surface area contributed by atoms with E-state index in [-0.39, 0.29) is 16.9 Å².